The third-order valence-electron chi connectivity index (χ3n) is 2.26. The fourth-order valence-electron chi connectivity index (χ4n) is 1.47. The van der Waals surface area contributed by atoms with Gasteiger partial charge >= 0.3 is 6.18 Å². The third-order valence-corrected chi connectivity index (χ3v) is 2.89. The quantitative estimate of drug-likeness (QED) is 0.714. The number of rotatable bonds is 1. The first-order chi connectivity index (χ1) is 8.39. The highest BCUT2D eigenvalue weighted by molar-refractivity contribution is 6.39. The maximum Gasteiger partial charge on any atom is 0.433 e. The van der Waals surface area contributed by atoms with Crippen molar-refractivity contribution in [3.63, 3.8) is 0 Å². The summed E-state index contributed by atoms with van der Waals surface area (Å²) in [6, 6.07) is 8.30. The molecule has 2 aromatic rings. The highest BCUT2D eigenvalue weighted by atomic mass is 35.5. The first-order valence-electron chi connectivity index (χ1n) is 4.88. The molecular weight excluding hydrogens is 286 g/mol. The summed E-state index contributed by atoms with van der Waals surface area (Å²) in [5.74, 6) is 0. The van der Waals surface area contributed by atoms with Gasteiger partial charge in [0, 0.05) is 5.56 Å². The molecule has 1 heterocycles. The standard InChI is InChI=1S/C12H6Cl2F3N/c13-7-3-1-4-8(14)11(7)9-5-2-6-10(18-9)12(15,16)17/h1-6H. The van der Waals surface area contributed by atoms with Crippen LogP contribution in [-0.2, 0) is 6.18 Å². The minimum atomic E-state index is -4.50. The molecule has 0 amide bonds. The van der Waals surface area contributed by atoms with E-state index >= 15 is 0 Å². The van der Waals surface area contributed by atoms with Gasteiger partial charge in [0.1, 0.15) is 5.69 Å². The molecule has 0 spiro atoms. The zero-order chi connectivity index (χ0) is 13.3. The molecule has 2 rings (SSSR count). The Labute approximate surface area is 111 Å². The zero-order valence-electron chi connectivity index (χ0n) is 8.80. The van der Waals surface area contributed by atoms with E-state index in [4.69, 9.17) is 23.2 Å². The summed E-state index contributed by atoms with van der Waals surface area (Å²) in [4.78, 5) is 3.54. The molecule has 0 saturated heterocycles. The van der Waals surface area contributed by atoms with E-state index in [1.807, 2.05) is 0 Å². The topological polar surface area (TPSA) is 12.9 Å². The van der Waals surface area contributed by atoms with Crippen LogP contribution in [0, 0.1) is 0 Å². The van der Waals surface area contributed by atoms with Gasteiger partial charge in [0.15, 0.2) is 0 Å². The van der Waals surface area contributed by atoms with Crippen LogP contribution in [0.15, 0.2) is 36.4 Å². The van der Waals surface area contributed by atoms with Crippen molar-refractivity contribution in [2.75, 3.05) is 0 Å². The molecule has 0 fully saturated rings. The van der Waals surface area contributed by atoms with Gasteiger partial charge in [0.2, 0.25) is 0 Å². The van der Waals surface area contributed by atoms with Gasteiger partial charge in [-0.1, -0.05) is 35.3 Å². The van der Waals surface area contributed by atoms with Gasteiger partial charge in [-0.15, -0.1) is 0 Å². The maximum absolute atomic E-state index is 12.6. The Hall–Kier alpha value is -1.26. The molecule has 0 saturated carbocycles. The number of pyridine rings is 1. The summed E-state index contributed by atoms with van der Waals surface area (Å²) in [6.45, 7) is 0. The number of aromatic nitrogens is 1. The van der Waals surface area contributed by atoms with Crippen molar-refractivity contribution in [2.24, 2.45) is 0 Å². The summed E-state index contributed by atoms with van der Waals surface area (Å²) < 4.78 is 37.7. The van der Waals surface area contributed by atoms with Gasteiger partial charge < -0.3 is 0 Å². The second-order valence-corrected chi connectivity index (χ2v) is 4.32. The van der Waals surface area contributed by atoms with Crippen LogP contribution in [0.4, 0.5) is 13.2 Å². The first-order valence-corrected chi connectivity index (χ1v) is 5.64. The Morgan fingerprint density at radius 2 is 1.44 bits per heavy atom. The van der Waals surface area contributed by atoms with Gasteiger partial charge in [0.25, 0.3) is 0 Å². The zero-order valence-corrected chi connectivity index (χ0v) is 10.3. The van der Waals surface area contributed by atoms with Crippen molar-refractivity contribution >= 4 is 23.2 Å². The van der Waals surface area contributed by atoms with Gasteiger partial charge in [-0.2, -0.15) is 13.2 Å². The molecule has 0 bridgehead atoms. The molecule has 1 nitrogen and oxygen atoms in total. The summed E-state index contributed by atoms with van der Waals surface area (Å²) in [5, 5.41) is 0.517. The second kappa shape index (κ2) is 4.78. The number of nitrogens with zero attached hydrogens (tertiary/aromatic N) is 1. The number of alkyl halides is 3. The molecule has 0 unspecified atom stereocenters. The van der Waals surface area contributed by atoms with Crippen molar-refractivity contribution in [3.8, 4) is 11.3 Å². The summed E-state index contributed by atoms with van der Waals surface area (Å²) in [5.41, 5.74) is -0.580. The van der Waals surface area contributed by atoms with Gasteiger partial charge in [-0.05, 0) is 24.3 Å². The van der Waals surface area contributed by atoms with Crippen LogP contribution >= 0.6 is 23.2 Å². The number of hydrogen-bond donors (Lipinski definition) is 0. The summed E-state index contributed by atoms with van der Waals surface area (Å²) in [7, 11) is 0. The van der Waals surface area contributed by atoms with E-state index in [2.05, 4.69) is 4.98 Å². The Balaban J connectivity index is 2.59. The monoisotopic (exact) mass is 291 g/mol. The smallest absolute Gasteiger partial charge is 0.243 e. The summed E-state index contributed by atoms with van der Waals surface area (Å²) >= 11 is 11.8. The van der Waals surface area contributed by atoms with Crippen molar-refractivity contribution in [2.45, 2.75) is 6.18 Å². The van der Waals surface area contributed by atoms with E-state index < -0.39 is 11.9 Å². The van der Waals surface area contributed by atoms with E-state index in [9.17, 15) is 13.2 Å². The van der Waals surface area contributed by atoms with E-state index in [-0.39, 0.29) is 15.7 Å². The predicted octanol–water partition coefficient (Wildman–Crippen LogP) is 5.07. The molecule has 0 radical (unpaired) electrons. The summed E-state index contributed by atoms with van der Waals surface area (Å²) in [6.07, 6.45) is -4.50. The van der Waals surface area contributed by atoms with Crippen LogP contribution in [0.5, 0.6) is 0 Å². The largest absolute Gasteiger partial charge is 0.433 e. The van der Waals surface area contributed by atoms with Gasteiger partial charge in [-0.25, -0.2) is 4.98 Å². The molecule has 0 atom stereocenters. The SMILES string of the molecule is FC(F)(F)c1cccc(-c2c(Cl)cccc2Cl)n1. The molecule has 1 aromatic heterocycles. The average molecular weight is 292 g/mol. The predicted molar refractivity (Wildman–Crippen MR) is 64.7 cm³/mol. The molecule has 1 aromatic carbocycles. The second-order valence-electron chi connectivity index (χ2n) is 3.50. The fourth-order valence-corrected chi connectivity index (χ4v) is 2.07. The van der Waals surface area contributed by atoms with Gasteiger partial charge in [-0.3, -0.25) is 0 Å². The van der Waals surface area contributed by atoms with Crippen molar-refractivity contribution in [1.82, 2.24) is 4.98 Å². The van der Waals surface area contributed by atoms with E-state index in [1.54, 1.807) is 18.2 Å². The molecule has 94 valence electrons. The van der Waals surface area contributed by atoms with Crippen LogP contribution in [0.3, 0.4) is 0 Å². The van der Waals surface area contributed by atoms with Gasteiger partial charge in [0.05, 0.1) is 15.7 Å². The fraction of sp³-hybridized carbons (Fsp3) is 0.0833. The molecule has 0 N–H and O–H groups in total. The Bertz CT molecular complexity index is 562. The minimum absolute atomic E-state index is 0.0976. The third kappa shape index (κ3) is 2.60. The molecule has 0 aliphatic carbocycles. The molecule has 6 heteroatoms. The van der Waals surface area contributed by atoms with E-state index in [0.717, 1.165) is 6.07 Å². The number of halogens is 5. The van der Waals surface area contributed by atoms with Crippen LogP contribution in [0.1, 0.15) is 5.69 Å². The molecule has 18 heavy (non-hydrogen) atoms. The lowest BCUT2D eigenvalue weighted by atomic mass is 10.1. The lowest BCUT2D eigenvalue weighted by Crippen LogP contribution is -2.08. The van der Waals surface area contributed by atoms with E-state index in [0.29, 0.717) is 5.56 Å². The van der Waals surface area contributed by atoms with Crippen molar-refractivity contribution in [3.05, 3.63) is 52.1 Å². The minimum Gasteiger partial charge on any atom is -0.243 e. The van der Waals surface area contributed by atoms with Crippen LogP contribution in [0.25, 0.3) is 11.3 Å². The van der Waals surface area contributed by atoms with Crippen molar-refractivity contribution in [1.29, 1.82) is 0 Å². The number of benzene rings is 1. The first kappa shape index (κ1) is 13.2. The average Bonchev–Trinajstić information content (AvgIpc) is 2.28. The molecular formula is C12H6Cl2F3N. The molecule has 0 aliphatic heterocycles. The highest BCUT2D eigenvalue weighted by Gasteiger charge is 2.32. The van der Waals surface area contributed by atoms with Crippen LogP contribution in [-0.4, -0.2) is 4.98 Å². The lowest BCUT2D eigenvalue weighted by Gasteiger charge is -2.10. The van der Waals surface area contributed by atoms with E-state index in [1.165, 1.54) is 12.1 Å². The lowest BCUT2D eigenvalue weighted by molar-refractivity contribution is -0.141. The highest BCUT2D eigenvalue weighted by Crippen LogP contribution is 2.35. The normalized spacial score (nSPS) is 11.6. The van der Waals surface area contributed by atoms with Crippen LogP contribution < -0.4 is 0 Å². The Morgan fingerprint density at radius 1 is 0.889 bits per heavy atom. The Kier molecular flexibility index (Phi) is 3.50. The van der Waals surface area contributed by atoms with Crippen molar-refractivity contribution < 1.29 is 13.2 Å². The maximum atomic E-state index is 12.6. The Morgan fingerprint density at radius 3 is 2.00 bits per heavy atom. The number of hydrogen-bond acceptors (Lipinski definition) is 1. The van der Waals surface area contributed by atoms with Crippen LogP contribution in [0.2, 0.25) is 10.0 Å². The molecule has 0 aliphatic rings.